The third-order valence-corrected chi connectivity index (χ3v) is 7.32. The Kier molecular flexibility index (Phi) is 7.73. The first-order valence-electron chi connectivity index (χ1n) is 13.1. The average Bonchev–Trinajstić information content (AvgIpc) is 3.59. The van der Waals surface area contributed by atoms with Crippen LogP contribution < -0.4 is 16.0 Å². The number of hydrogen-bond acceptors (Lipinski definition) is 8. The van der Waals surface area contributed by atoms with Crippen molar-refractivity contribution in [2.75, 3.05) is 29.2 Å². The number of carbonyl (C=O) groups excluding carboxylic acids is 1. The van der Waals surface area contributed by atoms with E-state index in [1.165, 1.54) is 0 Å². The molecule has 0 spiro atoms. The van der Waals surface area contributed by atoms with Crippen LogP contribution >= 0.6 is 23.2 Å². The average molecular weight is 592 g/mol. The lowest BCUT2D eigenvalue weighted by atomic mass is 10.1. The predicted octanol–water partition coefficient (Wildman–Crippen LogP) is 6.12. The summed E-state index contributed by atoms with van der Waals surface area (Å²) in [5, 5.41) is 23.0. The molecular formula is C28H27Cl2N9O2. The molecule has 2 aromatic carbocycles. The number of benzene rings is 2. The minimum atomic E-state index is -0.335. The van der Waals surface area contributed by atoms with Crippen molar-refractivity contribution in [2.24, 2.45) is 0 Å². The van der Waals surface area contributed by atoms with Gasteiger partial charge in [-0.15, -0.1) is 0 Å². The third kappa shape index (κ3) is 6.12. The second kappa shape index (κ2) is 11.7. The largest absolute Gasteiger partial charge is 0.381 e. The van der Waals surface area contributed by atoms with Crippen LogP contribution in [0.15, 0.2) is 54.7 Å². The van der Waals surface area contributed by atoms with Gasteiger partial charge in [-0.3, -0.25) is 9.89 Å². The Labute approximate surface area is 245 Å². The van der Waals surface area contributed by atoms with Crippen molar-refractivity contribution in [1.82, 2.24) is 29.9 Å². The van der Waals surface area contributed by atoms with Gasteiger partial charge in [0.1, 0.15) is 5.82 Å². The fraction of sp³-hybridized carbons (Fsp3) is 0.250. The number of hydrogen-bond donors (Lipinski definition) is 4. The number of aromatic nitrogens is 6. The zero-order valence-corrected chi connectivity index (χ0v) is 23.6. The van der Waals surface area contributed by atoms with Crippen molar-refractivity contribution in [3.05, 3.63) is 81.6 Å². The normalized spacial score (nSPS) is 13.8. The van der Waals surface area contributed by atoms with Gasteiger partial charge in [-0.05, 0) is 55.7 Å². The number of aryl methyl sites for hydroxylation is 1. The summed E-state index contributed by atoms with van der Waals surface area (Å²) in [6, 6.07) is 14.3. The molecule has 4 N–H and O–H groups in total. The van der Waals surface area contributed by atoms with Crippen molar-refractivity contribution in [1.29, 1.82) is 0 Å². The topological polar surface area (TPSA) is 135 Å². The molecule has 0 saturated carbocycles. The molecule has 0 unspecified atom stereocenters. The number of nitrogens with one attached hydrogen (secondary N) is 4. The van der Waals surface area contributed by atoms with Gasteiger partial charge in [0.05, 0.1) is 28.2 Å². The minimum absolute atomic E-state index is 0.182. The van der Waals surface area contributed by atoms with Crippen LogP contribution in [0.25, 0.3) is 11.0 Å². The SMILES string of the molecule is Cc1cc(Nc2nc(NCc3ccc(Cl)c(C(=O)Nc4cccc(Cl)c4)c3)nc3c2cnn3C2CCOCC2)n[nH]1. The molecule has 0 aliphatic carbocycles. The first kappa shape index (κ1) is 27.0. The number of amides is 1. The predicted molar refractivity (Wildman–Crippen MR) is 159 cm³/mol. The van der Waals surface area contributed by atoms with E-state index in [1.54, 1.807) is 42.6 Å². The number of rotatable bonds is 8. The third-order valence-electron chi connectivity index (χ3n) is 6.75. The van der Waals surface area contributed by atoms with Gasteiger partial charge < -0.3 is 20.7 Å². The van der Waals surface area contributed by atoms with Crippen LogP contribution in [0.1, 0.15) is 40.5 Å². The van der Waals surface area contributed by atoms with Crippen LogP contribution in [-0.4, -0.2) is 49.1 Å². The highest BCUT2D eigenvalue weighted by Gasteiger charge is 2.22. The van der Waals surface area contributed by atoms with Crippen LogP contribution in [-0.2, 0) is 11.3 Å². The second-order valence-corrected chi connectivity index (χ2v) is 10.6. The number of carbonyl (C=O) groups is 1. The van der Waals surface area contributed by atoms with E-state index in [-0.39, 0.29) is 11.9 Å². The maximum absolute atomic E-state index is 13.0. The van der Waals surface area contributed by atoms with E-state index in [1.807, 2.05) is 23.7 Å². The van der Waals surface area contributed by atoms with E-state index in [0.29, 0.717) is 64.3 Å². The summed E-state index contributed by atoms with van der Waals surface area (Å²) in [5.41, 5.74) is 3.38. The van der Waals surface area contributed by atoms with Gasteiger partial charge >= 0.3 is 0 Å². The molecule has 1 aliphatic rings. The smallest absolute Gasteiger partial charge is 0.257 e. The van der Waals surface area contributed by atoms with E-state index < -0.39 is 0 Å². The molecule has 1 saturated heterocycles. The Hall–Kier alpha value is -4.19. The van der Waals surface area contributed by atoms with Crippen molar-refractivity contribution < 1.29 is 9.53 Å². The Morgan fingerprint density at radius 2 is 1.98 bits per heavy atom. The number of aromatic amines is 1. The van der Waals surface area contributed by atoms with Gasteiger partial charge in [0.25, 0.3) is 5.91 Å². The Bertz CT molecular complexity index is 1710. The van der Waals surface area contributed by atoms with Gasteiger partial charge in [0.15, 0.2) is 11.5 Å². The molecule has 6 rings (SSSR count). The van der Waals surface area contributed by atoms with Crippen molar-refractivity contribution >= 4 is 63.4 Å². The summed E-state index contributed by atoms with van der Waals surface area (Å²) in [5.74, 6) is 1.29. The number of anilines is 4. The molecule has 4 heterocycles. The van der Waals surface area contributed by atoms with E-state index in [2.05, 4.69) is 31.2 Å². The summed E-state index contributed by atoms with van der Waals surface area (Å²) in [6.45, 7) is 3.65. The maximum atomic E-state index is 13.0. The minimum Gasteiger partial charge on any atom is -0.381 e. The number of nitrogens with zero attached hydrogens (tertiary/aromatic N) is 5. The molecule has 5 aromatic rings. The zero-order chi connectivity index (χ0) is 28.3. The molecule has 1 amide bonds. The number of fused-ring (bicyclic) bond motifs is 1. The molecule has 0 atom stereocenters. The fourth-order valence-corrected chi connectivity index (χ4v) is 5.10. The lowest BCUT2D eigenvalue weighted by Gasteiger charge is -2.22. The first-order chi connectivity index (χ1) is 19.9. The molecule has 1 fully saturated rings. The number of halogens is 2. The number of H-pyrrole nitrogens is 1. The molecule has 41 heavy (non-hydrogen) atoms. The Balaban J connectivity index is 1.26. The monoisotopic (exact) mass is 591 g/mol. The summed E-state index contributed by atoms with van der Waals surface area (Å²) < 4.78 is 7.50. The van der Waals surface area contributed by atoms with Gasteiger partial charge in [-0.2, -0.15) is 20.2 Å². The van der Waals surface area contributed by atoms with Gasteiger partial charge in [-0.1, -0.05) is 35.3 Å². The summed E-state index contributed by atoms with van der Waals surface area (Å²) >= 11 is 12.4. The lowest BCUT2D eigenvalue weighted by molar-refractivity contribution is 0.0673. The van der Waals surface area contributed by atoms with Gasteiger partial charge in [0, 0.05) is 42.2 Å². The van der Waals surface area contributed by atoms with Gasteiger partial charge in [0.2, 0.25) is 5.95 Å². The second-order valence-electron chi connectivity index (χ2n) is 9.76. The van der Waals surface area contributed by atoms with Gasteiger partial charge in [-0.25, -0.2) is 4.68 Å². The van der Waals surface area contributed by atoms with E-state index in [9.17, 15) is 4.79 Å². The fourth-order valence-electron chi connectivity index (χ4n) is 4.70. The molecule has 3 aromatic heterocycles. The molecular weight excluding hydrogens is 565 g/mol. The van der Waals surface area contributed by atoms with E-state index >= 15 is 0 Å². The Morgan fingerprint density at radius 3 is 2.76 bits per heavy atom. The molecule has 11 nitrogen and oxygen atoms in total. The summed E-state index contributed by atoms with van der Waals surface area (Å²) in [6.07, 6.45) is 3.49. The molecule has 0 radical (unpaired) electrons. The van der Waals surface area contributed by atoms with Crippen LogP contribution in [0.3, 0.4) is 0 Å². The van der Waals surface area contributed by atoms with Crippen LogP contribution in [0.4, 0.5) is 23.3 Å². The Morgan fingerprint density at radius 1 is 1.12 bits per heavy atom. The highest BCUT2D eigenvalue weighted by atomic mass is 35.5. The summed E-state index contributed by atoms with van der Waals surface area (Å²) in [7, 11) is 0. The van der Waals surface area contributed by atoms with Crippen molar-refractivity contribution in [3.8, 4) is 0 Å². The van der Waals surface area contributed by atoms with Crippen LogP contribution in [0.5, 0.6) is 0 Å². The molecule has 13 heteroatoms. The zero-order valence-electron chi connectivity index (χ0n) is 22.1. The highest BCUT2D eigenvalue weighted by Crippen LogP contribution is 2.30. The summed E-state index contributed by atoms with van der Waals surface area (Å²) in [4.78, 5) is 22.5. The van der Waals surface area contributed by atoms with E-state index in [4.69, 9.17) is 37.9 Å². The van der Waals surface area contributed by atoms with Crippen molar-refractivity contribution in [3.63, 3.8) is 0 Å². The maximum Gasteiger partial charge on any atom is 0.257 e. The molecule has 1 aliphatic heterocycles. The number of ether oxygens (including phenoxy) is 1. The molecule has 0 bridgehead atoms. The molecule has 210 valence electrons. The highest BCUT2D eigenvalue weighted by molar-refractivity contribution is 6.34. The lowest BCUT2D eigenvalue weighted by Crippen LogP contribution is -2.21. The quantitative estimate of drug-likeness (QED) is 0.169. The standard InChI is InChI=1S/C28H27Cl2N9O2/c1-16-11-24(38-37-16)34-25-22-15-32-39(20-7-9-41-10-8-20)26(22)36-28(35-25)31-14-17-5-6-23(30)21(12-17)27(40)33-19-4-2-3-18(29)13-19/h2-6,11-13,15,20H,7-10,14H2,1H3,(H,33,40)(H3,31,34,35,36,37,38). The van der Waals surface area contributed by atoms with Crippen molar-refractivity contribution in [2.45, 2.75) is 32.4 Å². The van der Waals surface area contributed by atoms with Crippen LogP contribution in [0.2, 0.25) is 10.0 Å². The van der Waals surface area contributed by atoms with E-state index in [0.717, 1.165) is 29.5 Å². The first-order valence-corrected chi connectivity index (χ1v) is 13.9. The van der Waals surface area contributed by atoms with Crippen LogP contribution in [0, 0.1) is 6.92 Å².